The summed E-state index contributed by atoms with van der Waals surface area (Å²) in [5.74, 6) is -0.460. The number of amides is 2. The quantitative estimate of drug-likeness (QED) is 0.364. The number of carbonyl (C=O) groups excluding carboxylic acids is 2. The second-order valence-electron chi connectivity index (χ2n) is 7.35. The van der Waals surface area contributed by atoms with Crippen molar-refractivity contribution in [2.24, 2.45) is 0 Å². The van der Waals surface area contributed by atoms with Crippen LogP contribution in [0.5, 0.6) is 0 Å². The molecule has 2 heterocycles. The average molecular weight is 389 g/mol. The molecular formula is C23H23N3O3. The van der Waals surface area contributed by atoms with E-state index in [0.29, 0.717) is 19.5 Å². The molecule has 1 aliphatic heterocycles. The van der Waals surface area contributed by atoms with Crippen molar-refractivity contribution in [3.8, 4) is 0 Å². The van der Waals surface area contributed by atoms with Crippen LogP contribution in [-0.4, -0.2) is 33.5 Å². The van der Waals surface area contributed by atoms with Crippen LogP contribution in [0.1, 0.15) is 27.9 Å². The van der Waals surface area contributed by atoms with E-state index in [1.54, 1.807) is 11.6 Å². The van der Waals surface area contributed by atoms with Crippen molar-refractivity contribution >= 4 is 28.8 Å². The van der Waals surface area contributed by atoms with Gasteiger partial charge in [-0.3, -0.25) is 14.8 Å². The maximum atomic E-state index is 13.0. The second kappa shape index (κ2) is 7.93. The number of carbonyl (C=O) groups is 2. The minimum Gasteiger partial charge on any atom is -0.358 e. The Hall–Kier alpha value is -3.38. The topological polar surface area (TPSA) is 85.4 Å². The van der Waals surface area contributed by atoms with Gasteiger partial charge in [-0.1, -0.05) is 30.3 Å². The van der Waals surface area contributed by atoms with Crippen LogP contribution in [0.25, 0.3) is 17.0 Å². The van der Waals surface area contributed by atoms with Gasteiger partial charge >= 0.3 is 0 Å². The molecule has 0 unspecified atom stereocenters. The Morgan fingerprint density at radius 2 is 2.03 bits per heavy atom. The molecule has 6 heteroatoms. The molecule has 148 valence electrons. The van der Waals surface area contributed by atoms with E-state index in [-0.39, 0.29) is 5.91 Å². The molecule has 1 aromatic heterocycles. The molecule has 3 aromatic rings. The van der Waals surface area contributed by atoms with Gasteiger partial charge in [0.05, 0.1) is 6.42 Å². The van der Waals surface area contributed by atoms with Gasteiger partial charge in [-0.15, -0.1) is 0 Å². The largest absolute Gasteiger partial charge is 0.358 e. The van der Waals surface area contributed by atoms with E-state index in [9.17, 15) is 9.59 Å². The Balaban J connectivity index is 1.51. The summed E-state index contributed by atoms with van der Waals surface area (Å²) < 4.78 is 0. The number of nitrogens with zero attached hydrogens (tertiary/aromatic N) is 1. The first-order chi connectivity index (χ1) is 14.0. The Kier molecular flexibility index (Phi) is 5.18. The number of fused-ring (bicyclic) bond motifs is 2. The first-order valence-electron chi connectivity index (χ1n) is 9.63. The van der Waals surface area contributed by atoms with Gasteiger partial charge in [0.15, 0.2) is 0 Å². The molecular weight excluding hydrogens is 366 g/mol. The summed E-state index contributed by atoms with van der Waals surface area (Å²) in [6.45, 7) is 3.27. The van der Waals surface area contributed by atoms with Gasteiger partial charge in [0.2, 0.25) is 5.91 Å². The molecule has 29 heavy (non-hydrogen) atoms. The number of hydrogen-bond donors (Lipinski definition) is 3. The van der Waals surface area contributed by atoms with Crippen LogP contribution in [0, 0.1) is 6.92 Å². The van der Waals surface area contributed by atoms with E-state index in [4.69, 9.17) is 5.21 Å². The lowest BCUT2D eigenvalue weighted by Crippen LogP contribution is -2.37. The molecule has 4 rings (SSSR count). The Morgan fingerprint density at radius 1 is 1.21 bits per heavy atom. The predicted molar refractivity (Wildman–Crippen MR) is 111 cm³/mol. The number of nitrogens with one attached hydrogen (secondary N) is 2. The summed E-state index contributed by atoms with van der Waals surface area (Å²) in [4.78, 5) is 29.5. The smallest absolute Gasteiger partial charge is 0.267 e. The number of H-pyrrole nitrogens is 1. The highest BCUT2D eigenvalue weighted by Crippen LogP contribution is 2.25. The Morgan fingerprint density at radius 3 is 2.86 bits per heavy atom. The molecule has 0 aliphatic carbocycles. The maximum absolute atomic E-state index is 13.0. The van der Waals surface area contributed by atoms with Crippen molar-refractivity contribution in [1.82, 2.24) is 15.4 Å². The number of rotatable bonds is 4. The molecule has 3 N–H and O–H groups in total. The molecule has 0 atom stereocenters. The average Bonchev–Trinajstić information content (AvgIpc) is 3.06. The highest BCUT2D eigenvalue weighted by atomic mass is 16.5. The molecule has 0 fully saturated rings. The van der Waals surface area contributed by atoms with Crippen LogP contribution in [0.3, 0.4) is 0 Å². The van der Waals surface area contributed by atoms with E-state index in [2.05, 4.69) is 4.98 Å². The molecule has 2 amide bonds. The fourth-order valence-corrected chi connectivity index (χ4v) is 3.93. The minimum atomic E-state index is -0.575. The zero-order chi connectivity index (χ0) is 20.4. The summed E-state index contributed by atoms with van der Waals surface area (Å²) in [5.41, 5.74) is 7.89. The molecule has 6 nitrogen and oxygen atoms in total. The maximum Gasteiger partial charge on any atom is 0.267 e. The van der Waals surface area contributed by atoms with Crippen LogP contribution >= 0.6 is 0 Å². The number of benzene rings is 2. The summed E-state index contributed by atoms with van der Waals surface area (Å²) in [6.07, 6.45) is 4.10. The molecule has 0 saturated carbocycles. The normalized spacial score (nSPS) is 13.7. The second-order valence-corrected chi connectivity index (χ2v) is 7.35. The van der Waals surface area contributed by atoms with Crippen molar-refractivity contribution < 1.29 is 14.8 Å². The molecule has 0 bridgehead atoms. The Bertz CT molecular complexity index is 1110. The molecule has 2 aromatic carbocycles. The first kappa shape index (κ1) is 19.0. The third-order valence-corrected chi connectivity index (χ3v) is 5.49. The van der Waals surface area contributed by atoms with Crippen molar-refractivity contribution in [3.05, 3.63) is 76.5 Å². The van der Waals surface area contributed by atoms with Gasteiger partial charge in [0.1, 0.15) is 0 Å². The molecule has 0 saturated heterocycles. The predicted octanol–water partition coefficient (Wildman–Crippen LogP) is 3.12. The van der Waals surface area contributed by atoms with Crippen LogP contribution in [0.4, 0.5) is 0 Å². The van der Waals surface area contributed by atoms with Crippen molar-refractivity contribution in [2.45, 2.75) is 26.3 Å². The van der Waals surface area contributed by atoms with Crippen molar-refractivity contribution in [1.29, 1.82) is 0 Å². The standard InChI is InChI=1S/C23H23N3O3/c1-15-20(19-4-2-3-5-21(19)24-15)13-23(28)26-11-10-17-8-6-16(12-18(17)14-26)7-9-22(27)25-29/h2-9,12,24,29H,10-11,13-14H2,1H3,(H,25,27). The van der Waals surface area contributed by atoms with E-state index >= 15 is 0 Å². The fourth-order valence-electron chi connectivity index (χ4n) is 3.93. The van der Waals surface area contributed by atoms with Crippen LogP contribution in [0.15, 0.2) is 48.5 Å². The third kappa shape index (κ3) is 3.93. The van der Waals surface area contributed by atoms with E-state index in [1.165, 1.54) is 11.6 Å². The van der Waals surface area contributed by atoms with Crippen molar-refractivity contribution in [2.75, 3.05) is 6.54 Å². The lowest BCUT2D eigenvalue weighted by molar-refractivity contribution is -0.131. The number of hydrogen-bond acceptors (Lipinski definition) is 3. The summed E-state index contributed by atoms with van der Waals surface area (Å²) in [7, 11) is 0. The summed E-state index contributed by atoms with van der Waals surface area (Å²) in [5, 5.41) is 9.70. The first-order valence-corrected chi connectivity index (χ1v) is 9.63. The van der Waals surface area contributed by atoms with Crippen LogP contribution in [-0.2, 0) is 29.0 Å². The number of aromatic amines is 1. The minimum absolute atomic E-state index is 0.115. The summed E-state index contributed by atoms with van der Waals surface area (Å²) >= 11 is 0. The van der Waals surface area contributed by atoms with E-state index in [1.807, 2.05) is 54.3 Å². The van der Waals surface area contributed by atoms with Gasteiger partial charge in [0.25, 0.3) is 5.91 Å². The lowest BCUT2D eigenvalue weighted by Gasteiger charge is -2.29. The number of aryl methyl sites for hydroxylation is 1. The SMILES string of the molecule is Cc1[nH]c2ccccc2c1CC(=O)N1CCc2ccc(C=CC(=O)NO)cc2C1. The van der Waals surface area contributed by atoms with Gasteiger partial charge in [-0.25, -0.2) is 5.48 Å². The molecule has 1 aliphatic rings. The van der Waals surface area contributed by atoms with Crippen molar-refractivity contribution in [3.63, 3.8) is 0 Å². The van der Waals surface area contributed by atoms with E-state index < -0.39 is 5.91 Å². The van der Waals surface area contributed by atoms with Gasteiger partial charge < -0.3 is 9.88 Å². The monoisotopic (exact) mass is 389 g/mol. The Labute approximate surface area is 168 Å². The van der Waals surface area contributed by atoms with Gasteiger partial charge in [-0.05, 0) is 53.8 Å². The van der Waals surface area contributed by atoms with Crippen LogP contribution < -0.4 is 5.48 Å². The van der Waals surface area contributed by atoms with Gasteiger partial charge in [0, 0.05) is 35.8 Å². The molecule has 0 spiro atoms. The highest BCUT2D eigenvalue weighted by molar-refractivity contribution is 5.91. The van der Waals surface area contributed by atoms with Crippen LogP contribution in [0.2, 0.25) is 0 Å². The highest BCUT2D eigenvalue weighted by Gasteiger charge is 2.22. The number of aromatic nitrogens is 1. The fraction of sp³-hybridized carbons (Fsp3) is 0.217. The summed E-state index contributed by atoms with van der Waals surface area (Å²) in [6, 6.07) is 14.0. The lowest BCUT2D eigenvalue weighted by atomic mass is 9.96. The van der Waals surface area contributed by atoms with Gasteiger partial charge in [-0.2, -0.15) is 0 Å². The zero-order valence-electron chi connectivity index (χ0n) is 16.2. The molecule has 0 radical (unpaired) electrons. The zero-order valence-corrected chi connectivity index (χ0v) is 16.2. The number of hydroxylamine groups is 1. The number of para-hydroxylation sites is 1. The van der Waals surface area contributed by atoms with E-state index in [0.717, 1.165) is 39.7 Å². The third-order valence-electron chi connectivity index (χ3n) is 5.49.